The van der Waals surface area contributed by atoms with E-state index in [2.05, 4.69) is 38.7 Å². The maximum Gasteiger partial charge on any atom is 0.321 e. The van der Waals surface area contributed by atoms with Crippen molar-refractivity contribution in [1.82, 2.24) is 21.3 Å². The van der Waals surface area contributed by atoms with Gasteiger partial charge in [-0.25, -0.2) is 4.79 Å². The molecule has 2 aliphatic rings. The van der Waals surface area contributed by atoms with Crippen molar-refractivity contribution in [3.63, 3.8) is 0 Å². The molecule has 158 valence electrons. The van der Waals surface area contributed by atoms with Crippen LogP contribution < -0.4 is 31.5 Å². The molecule has 2 aliphatic heterocycles. The van der Waals surface area contributed by atoms with Gasteiger partial charge < -0.3 is 16.0 Å². The summed E-state index contributed by atoms with van der Waals surface area (Å²) in [5.41, 5.74) is 2.35. The molecule has 2 aromatic carbocycles. The van der Waals surface area contributed by atoms with Gasteiger partial charge in [0.2, 0.25) is 5.91 Å². The molecule has 0 bridgehead atoms. The average molecular weight is 409 g/mol. The lowest BCUT2D eigenvalue weighted by Crippen LogP contribution is -2.54. The van der Waals surface area contributed by atoms with Crippen molar-refractivity contribution in [3.05, 3.63) is 60.2 Å². The molecule has 8 heteroatoms. The fourth-order valence-corrected chi connectivity index (χ4v) is 3.88. The molecule has 3 amide bonds. The first-order valence-electron chi connectivity index (χ1n) is 10.4. The summed E-state index contributed by atoms with van der Waals surface area (Å²) in [7, 11) is 0. The zero-order valence-electron chi connectivity index (χ0n) is 16.9. The first kappa shape index (κ1) is 20.2. The molecule has 8 nitrogen and oxygen atoms in total. The molecule has 0 aromatic heterocycles. The highest BCUT2D eigenvalue weighted by Gasteiger charge is 2.35. The third kappa shape index (κ3) is 4.55. The van der Waals surface area contributed by atoms with Crippen molar-refractivity contribution in [2.75, 3.05) is 49.5 Å². The van der Waals surface area contributed by atoms with Gasteiger partial charge >= 0.3 is 6.03 Å². The van der Waals surface area contributed by atoms with E-state index >= 15 is 0 Å². The van der Waals surface area contributed by atoms with Crippen LogP contribution in [0.1, 0.15) is 12.0 Å². The first-order valence-corrected chi connectivity index (χ1v) is 10.4. The van der Waals surface area contributed by atoms with Crippen molar-refractivity contribution in [2.24, 2.45) is 0 Å². The van der Waals surface area contributed by atoms with Crippen LogP contribution >= 0.6 is 0 Å². The molecule has 4 rings (SSSR count). The maximum absolute atomic E-state index is 12.4. The van der Waals surface area contributed by atoms with E-state index < -0.39 is 5.66 Å². The quantitative estimate of drug-likeness (QED) is 0.474. The fraction of sp³-hybridized carbons (Fsp3) is 0.364. The number of hydrogen-bond donors (Lipinski definition) is 5. The fourth-order valence-electron chi connectivity index (χ4n) is 3.88. The highest BCUT2D eigenvalue weighted by Crippen LogP contribution is 2.21. The molecule has 2 fully saturated rings. The van der Waals surface area contributed by atoms with Gasteiger partial charge in [0.05, 0.1) is 13.1 Å². The van der Waals surface area contributed by atoms with Crippen molar-refractivity contribution >= 4 is 23.3 Å². The van der Waals surface area contributed by atoms with E-state index in [1.54, 1.807) is 4.90 Å². The van der Waals surface area contributed by atoms with E-state index in [9.17, 15) is 9.59 Å². The maximum atomic E-state index is 12.4. The van der Waals surface area contributed by atoms with Crippen LogP contribution in [0.2, 0.25) is 0 Å². The normalized spacial score (nSPS) is 18.0. The summed E-state index contributed by atoms with van der Waals surface area (Å²) in [6, 6.07) is 17.6. The lowest BCUT2D eigenvalue weighted by Gasteiger charge is -2.31. The molecule has 30 heavy (non-hydrogen) atoms. The summed E-state index contributed by atoms with van der Waals surface area (Å²) >= 11 is 0. The SMILES string of the molecule is O=C(CNc1ccc(N2CCCNC2=O)cc1)NCC1(c2ccccc2)NCCN1. The Morgan fingerprint density at radius 2 is 1.73 bits per heavy atom. The van der Waals surface area contributed by atoms with Crippen LogP contribution in [0.25, 0.3) is 0 Å². The molecule has 0 spiro atoms. The summed E-state index contributed by atoms with van der Waals surface area (Å²) in [6.45, 7) is 3.77. The summed E-state index contributed by atoms with van der Waals surface area (Å²) in [5.74, 6) is -0.0831. The van der Waals surface area contributed by atoms with Crippen LogP contribution in [-0.2, 0) is 10.5 Å². The number of rotatable bonds is 7. The molecule has 0 saturated carbocycles. The molecule has 2 aromatic rings. The van der Waals surface area contributed by atoms with Crippen LogP contribution in [-0.4, -0.2) is 51.2 Å². The van der Waals surface area contributed by atoms with E-state index in [1.165, 1.54) is 0 Å². The van der Waals surface area contributed by atoms with Crippen LogP contribution in [0.3, 0.4) is 0 Å². The monoisotopic (exact) mass is 408 g/mol. The number of hydrogen-bond acceptors (Lipinski definition) is 5. The summed E-state index contributed by atoms with van der Waals surface area (Å²) in [4.78, 5) is 26.1. The zero-order valence-corrected chi connectivity index (χ0v) is 16.9. The Kier molecular flexibility index (Phi) is 6.15. The molecule has 0 aliphatic carbocycles. The molecule has 0 atom stereocenters. The number of anilines is 2. The average Bonchev–Trinajstić information content (AvgIpc) is 3.28. The molecule has 2 heterocycles. The standard InChI is InChI=1S/C22H28N6O2/c29-20(25-16-22(26-12-13-27-22)17-5-2-1-3-6-17)15-24-18-7-9-19(10-8-18)28-14-4-11-23-21(28)30/h1-3,5-10,24,26-27H,4,11-16H2,(H,23,30)(H,25,29). The molecule has 2 saturated heterocycles. The first-order chi connectivity index (χ1) is 14.7. The third-order valence-electron chi connectivity index (χ3n) is 5.51. The van der Waals surface area contributed by atoms with E-state index in [0.29, 0.717) is 13.1 Å². The van der Waals surface area contributed by atoms with E-state index in [0.717, 1.165) is 43.0 Å². The number of carbonyl (C=O) groups is 2. The van der Waals surface area contributed by atoms with Crippen LogP contribution in [0.15, 0.2) is 54.6 Å². The molecule has 0 unspecified atom stereocenters. The van der Waals surface area contributed by atoms with Crippen molar-refractivity contribution in [1.29, 1.82) is 0 Å². The minimum atomic E-state index is -0.437. The highest BCUT2D eigenvalue weighted by atomic mass is 16.2. The molecule has 0 radical (unpaired) electrons. The van der Waals surface area contributed by atoms with Crippen LogP contribution in [0, 0.1) is 0 Å². The van der Waals surface area contributed by atoms with Crippen LogP contribution in [0.5, 0.6) is 0 Å². The smallest absolute Gasteiger partial charge is 0.321 e. The second-order valence-corrected chi connectivity index (χ2v) is 7.54. The summed E-state index contributed by atoms with van der Waals surface area (Å²) in [6.07, 6.45) is 0.931. The van der Waals surface area contributed by atoms with Gasteiger partial charge in [-0.3, -0.25) is 20.3 Å². The molecule has 5 N–H and O–H groups in total. The second-order valence-electron chi connectivity index (χ2n) is 7.54. The largest absolute Gasteiger partial charge is 0.376 e. The van der Waals surface area contributed by atoms with Gasteiger partial charge in [0, 0.05) is 37.6 Å². The Bertz CT molecular complexity index is 865. The Balaban J connectivity index is 1.29. The lowest BCUT2D eigenvalue weighted by molar-refractivity contribution is -0.119. The number of amides is 3. The number of carbonyl (C=O) groups excluding carboxylic acids is 2. The topological polar surface area (TPSA) is 97.5 Å². The Morgan fingerprint density at radius 3 is 2.43 bits per heavy atom. The van der Waals surface area contributed by atoms with E-state index in [4.69, 9.17) is 0 Å². The summed E-state index contributed by atoms with van der Waals surface area (Å²) in [5, 5.41) is 15.9. The van der Waals surface area contributed by atoms with Gasteiger partial charge in [0.1, 0.15) is 5.66 Å². The second kappa shape index (κ2) is 9.15. The van der Waals surface area contributed by atoms with Gasteiger partial charge in [-0.05, 0) is 36.2 Å². The zero-order chi connectivity index (χ0) is 20.8. The summed E-state index contributed by atoms with van der Waals surface area (Å²) < 4.78 is 0. The predicted molar refractivity (Wildman–Crippen MR) is 117 cm³/mol. The van der Waals surface area contributed by atoms with E-state index in [1.807, 2.05) is 42.5 Å². The highest BCUT2D eigenvalue weighted by molar-refractivity contribution is 5.92. The number of nitrogens with zero attached hydrogens (tertiary/aromatic N) is 1. The molecular formula is C22H28N6O2. The van der Waals surface area contributed by atoms with Crippen LogP contribution in [0.4, 0.5) is 16.2 Å². The van der Waals surface area contributed by atoms with Gasteiger partial charge in [-0.2, -0.15) is 0 Å². The van der Waals surface area contributed by atoms with Crippen molar-refractivity contribution < 1.29 is 9.59 Å². The molecular weight excluding hydrogens is 380 g/mol. The van der Waals surface area contributed by atoms with Crippen molar-refractivity contribution in [2.45, 2.75) is 12.1 Å². The Hall–Kier alpha value is -3.10. The van der Waals surface area contributed by atoms with Crippen molar-refractivity contribution in [3.8, 4) is 0 Å². The van der Waals surface area contributed by atoms with Gasteiger partial charge in [0.15, 0.2) is 0 Å². The predicted octanol–water partition coefficient (Wildman–Crippen LogP) is 1.18. The van der Waals surface area contributed by atoms with Gasteiger partial charge in [-0.15, -0.1) is 0 Å². The van der Waals surface area contributed by atoms with Gasteiger partial charge in [0.25, 0.3) is 0 Å². The number of benzene rings is 2. The Labute approximate surface area is 176 Å². The number of urea groups is 1. The lowest BCUT2D eigenvalue weighted by atomic mass is 10.0. The minimum absolute atomic E-state index is 0.0668. The van der Waals surface area contributed by atoms with Gasteiger partial charge in [-0.1, -0.05) is 30.3 Å². The third-order valence-corrected chi connectivity index (χ3v) is 5.51. The van der Waals surface area contributed by atoms with E-state index in [-0.39, 0.29) is 18.5 Å². The Morgan fingerprint density at radius 1 is 1.00 bits per heavy atom. The minimum Gasteiger partial charge on any atom is -0.376 e. The number of nitrogens with one attached hydrogen (secondary N) is 5.